The van der Waals surface area contributed by atoms with E-state index in [0.717, 1.165) is 16.8 Å². The van der Waals surface area contributed by atoms with Gasteiger partial charge < -0.3 is 10.2 Å². The molecule has 1 aromatic heterocycles. The van der Waals surface area contributed by atoms with Crippen LogP contribution in [0.4, 0.5) is 4.79 Å². The maximum Gasteiger partial charge on any atom is 0.318 e. The average molecular weight is 377 g/mol. The van der Waals surface area contributed by atoms with Crippen LogP contribution in [-0.2, 0) is 0 Å². The van der Waals surface area contributed by atoms with Crippen molar-refractivity contribution in [3.8, 4) is 5.69 Å². The molecule has 0 aliphatic carbocycles. The second kappa shape index (κ2) is 8.69. The summed E-state index contributed by atoms with van der Waals surface area (Å²) in [5.41, 5.74) is 3.11. The number of amides is 2. The fraction of sp³-hybridized carbons (Fsp3) is 0.318. The zero-order chi connectivity index (χ0) is 20.1. The predicted octanol–water partition coefficient (Wildman–Crippen LogP) is 4.37. The maximum absolute atomic E-state index is 12.9. The monoisotopic (exact) mass is 377 g/mol. The molecule has 2 aromatic carbocycles. The highest BCUT2D eigenvalue weighted by Gasteiger charge is 2.23. The van der Waals surface area contributed by atoms with E-state index in [4.69, 9.17) is 0 Å². The molecule has 0 radical (unpaired) electrons. The summed E-state index contributed by atoms with van der Waals surface area (Å²) in [4.78, 5) is 18.6. The van der Waals surface area contributed by atoms with Crippen LogP contribution < -0.4 is 5.32 Å². The molecule has 0 aliphatic heterocycles. The van der Waals surface area contributed by atoms with Gasteiger partial charge in [0.2, 0.25) is 0 Å². The normalized spacial score (nSPS) is 13.2. The Morgan fingerprint density at radius 2 is 1.68 bits per heavy atom. The standard InChI is InChI=1S/C22H27N5O/c1-16(2)21(19-8-6-5-7-9-19)25-22(28)26(4)17(3)18-10-12-20(13-11-18)27-15-23-14-24-27/h5-17,21H,1-4H3,(H,25,28). The van der Waals surface area contributed by atoms with Crippen LogP contribution >= 0.6 is 0 Å². The number of benzene rings is 2. The number of hydrogen-bond donors (Lipinski definition) is 1. The van der Waals surface area contributed by atoms with Crippen molar-refractivity contribution >= 4 is 6.03 Å². The van der Waals surface area contributed by atoms with Gasteiger partial charge in [0.1, 0.15) is 12.7 Å². The Kier molecular flexibility index (Phi) is 6.09. The van der Waals surface area contributed by atoms with E-state index in [0.29, 0.717) is 0 Å². The molecular formula is C22H27N5O. The first kappa shape index (κ1) is 19.6. The van der Waals surface area contributed by atoms with E-state index in [1.165, 1.54) is 6.33 Å². The first-order valence-electron chi connectivity index (χ1n) is 9.50. The highest BCUT2D eigenvalue weighted by atomic mass is 16.2. The number of hydrogen-bond acceptors (Lipinski definition) is 3. The lowest BCUT2D eigenvalue weighted by Gasteiger charge is -2.30. The smallest absolute Gasteiger partial charge is 0.318 e. The van der Waals surface area contributed by atoms with Crippen molar-refractivity contribution in [1.29, 1.82) is 0 Å². The van der Waals surface area contributed by atoms with E-state index in [1.54, 1.807) is 15.9 Å². The number of rotatable bonds is 6. The van der Waals surface area contributed by atoms with E-state index < -0.39 is 0 Å². The predicted molar refractivity (Wildman–Crippen MR) is 110 cm³/mol. The Morgan fingerprint density at radius 1 is 1.00 bits per heavy atom. The van der Waals surface area contributed by atoms with Gasteiger partial charge in [0.25, 0.3) is 0 Å². The van der Waals surface area contributed by atoms with Crippen LogP contribution in [0.2, 0.25) is 0 Å². The summed E-state index contributed by atoms with van der Waals surface area (Å²) in [5.74, 6) is 0.289. The summed E-state index contributed by atoms with van der Waals surface area (Å²) in [6.07, 6.45) is 3.17. The average Bonchev–Trinajstić information content (AvgIpc) is 3.26. The largest absolute Gasteiger partial charge is 0.331 e. The van der Waals surface area contributed by atoms with Crippen LogP contribution in [0.5, 0.6) is 0 Å². The summed E-state index contributed by atoms with van der Waals surface area (Å²) in [6, 6.07) is 17.9. The van der Waals surface area contributed by atoms with Crippen LogP contribution in [-0.4, -0.2) is 32.7 Å². The molecule has 146 valence electrons. The molecule has 6 heteroatoms. The minimum Gasteiger partial charge on any atom is -0.331 e. The van der Waals surface area contributed by atoms with Gasteiger partial charge in [-0.2, -0.15) is 5.10 Å². The van der Waals surface area contributed by atoms with E-state index in [-0.39, 0.29) is 24.0 Å². The zero-order valence-electron chi connectivity index (χ0n) is 16.8. The lowest BCUT2D eigenvalue weighted by atomic mass is 9.96. The van der Waals surface area contributed by atoms with Gasteiger partial charge in [-0.3, -0.25) is 0 Å². The van der Waals surface area contributed by atoms with Gasteiger partial charge in [-0.25, -0.2) is 14.5 Å². The van der Waals surface area contributed by atoms with Crippen molar-refractivity contribution in [2.24, 2.45) is 5.92 Å². The molecule has 2 amide bonds. The minimum atomic E-state index is -0.0876. The Bertz CT molecular complexity index is 875. The molecule has 0 bridgehead atoms. The van der Waals surface area contributed by atoms with Gasteiger partial charge in [0, 0.05) is 7.05 Å². The molecule has 0 saturated heterocycles. The molecule has 1 N–H and O–H groups in total. The van der Waals surface area contributed by atoms with Gasteiger partial charge in [-0.1, -0.05) is 56.3 Å². The Hall–Kier alpha value is -3.15. The van der Waals surface area contributed by atoms with Crippen LogP contribution in [0, 0.1) is 5.92 Å². The molecule has 2 unspecified atom stereocenters. The lowest BCUT2D eigenvalue weighted by molar-refractivity contribution is 0.186. The second-order valence-corrected chi connectivity index (χ2v) is 7.30. The topological polar surface area (TPSA) is 63.1 Å². The first-order valence-corrected chi connectivity index (χ1v) is 9.50. The highest BCUT2D eigenvalue weighted by Crippen LogP contribution is 2.24. The van der Waals surface area contributed by atoms with Crippen LogP contribution in [0.15, 0.2) is 67.3 Å². The fourth-order valence-corrected chi connectivity index (χ4v) is 3.18. The molecule has 1 heterocycles. The number of aromatic nitrogens is 3. The van der Waals surface area contributed by atoms with Crippen molar-refractivity contribution in [3.05, 3.63) is 78.4 Å². The van der Waals surface area contributed by atoms with Crippen LogP contribution in [0.3, 0.4) is 0 Å². The van der Waals surface area contributed by atoms with E-state index >= 15 is 0 Å². The van der Waals surface area contributed by atoms with E-state index in [1.807, 2.05) is 56.4 Å². The summed E-state index contributed by atoms with van der Waals surface area (Å²) in [6.45, 7) is 6.26. The van der Waals surface area contributed by atoms with Gasteiger partial charge in [-0.05, 0) is 36.1 Å². The number of carbonyl (C=O) groups is 1. The molecule has 0 fully saturated rings. The molecule has 2 atom stereocenters. The molecular weight excluding hydrogens is 350 g/mol. The fourth-order valence-electron chi connectivity index (χ4n) is 3.18. The van der Waals surface area contributed by atoms with Crippen molar-refractivity contribution in [2.45, 2.75) is 32.9 Å². The molecule has 0 spiro atoms. The Labute approximate surface area is 166 Å². The summed E-state index contributed by atoms with van der Waals surface area (Å²) in [5, 5.41) is 7.31. The van der Waals surface area contributed by atoms with Gasteiger partial charge in [0.05, 0.1) is 17.8 Å². The highest BCUT2D eigenvalue weighted by molar-refractivity contribution is 5.75. The van der Waals surface area contributed by atoms with Gasteiger partial charge in [0.15, 0.2) is 0 Å². The summed E-state index contributed by atoms with van der Waals surface area (Å²) >= 11 is 0. The van der Waals surface area contributed by atoms with Crippen molar-refractivity contribution in [2.75, 3.05) is 7.05 Å². The summed E-state index contributed by atoms with van der Waals surface area (Å²) < 4.78 is 1.71. The molecule has 6 nitrogen and oxygen atoms in total. The number of urea groups is 1. The third kappa shape index (κ3) is 4.39. The van der Waals surface area contributed by atoms with Crippen molar-refractivity contribution in [1.82, 2.24) is 25.0 Å². The maximum atomic E-state index is 12.9. The second-order valence-electron chi connectivity index (χ2n) is 7.30. The first-order chi connectivity index (χ1) is 13.5. The quantitative estimate of drug-likeness (QED) is 0.694. The van der Waals surface area contributed by atoms with Crippen LogP contribution in [0.25, 0.3) is 5.69 Å². The number of nitrogens with zero attached hydrogens (tertiary/aromatic N) is 4. The minimum absolute atomic E-state index is 0.0296. The third-order valence-electron chi connectivity index (χ3n) is 5.06. The molecule has 0 aliphatic rings. The van der Waals surface area contributed by atoms with Gasteiger partial charge in [-0.15, -0.1) is 0 Å². The van der Waals surface area contributed by atoms with Crippen molar-refractivity contribution < 1.29 is 4.79 Å². The molecule has 0 saturated carbocycles. The SMILES string of the molecule is CC(C)C(NC(=O)N(C)C(C)c1ccc(-n2cncn2)cc1)c1ccccc1. The molecule has 3 rings (SSSR count). The van der Waals surface area contributed by atoms with Crippen LogP contribution in [0.1, 0.15) is 44.0 Å². The summed E-state index contributed by atoms with van der Waals surface area (Å²) in [7, 11) is 1.83. The zero-order valence-corrected chi connectivity index (χ0v) is 16.8. The Morgan fingerprint density at radius 3 is 2.25 bits per heavy atom. The molecule has 3 aromatic rings. The third-order valence-corrected chi connectivity index (χ3v) is 5.06. The van der Waals surface area contributed by atoms with E-state index in [9.17, 15) is 4.79 Å². The lowest BCUT2D eigenvalue weighted by Crippen LogP contribution is -2.42. The van der Waals surface area contributed by atoms with Crippen molar-refractivity contribution in [3.63, 3.8) is 0 Å². The van der Waals surface area contributed by atoms with Gasteiger partial charge >= 0.3 is 6.03 Å². The molecule has 28 heavy (non-hydrogen) atoms. The van der Waals surface area contributed by atoms with E-state index in [2.05, 4.69) is 41.4 Å². The Balaban J connectivity index is 1.69. The number of nitrogens with one attached hydrogen (secondary N) is 1. The number of carbonyl (C=O) groups excluding carboxylic acids is 1.